The summed E-state index contributed by atoms with van der Waals surface area (Å²) in [7, 11) is 0. The Morgan fingerprint density at radius 2 is 1.78 bits per heavy atom. The second kappa shape index (κ2) is 9.56. The van der Waals surface area contributed by atoms with Crippen LogP contribution in [0.2, 0.25) is 5.02 Å². The molecule has 5 rings (SSSR count). The molecule has 0 radical (unpaired) electrons. The number of rotatable bonds is 6. The molecule has 2 heterocycles. The zero-order valence-corrected chi connectivity index (χ0v) is 20.1. The fourth-order valence-corrected chi connectivity index (χ4v) is 4.19. The van der Waals surface area contributed by atoms with Gasteiger partial charge in [-0.25, -0.2) is 4.79 Å². The van der Waals surface area contributed by atoms with Crippen molar-refractivity contribution in [2.75, 3.05) is 5.32 Å². The Hall–Kier alpha value is -4.62. The molecule has 0 fully saturated rings. The Morgan fingerprint density at radius 3 is 2.56 bits per heavy atom. The van der Waals surface area contributed by atoms with E-state index in [-0.39, 0.29) is 11.6 Å². The molecule has 0 saturated carbocycles. The molecule has 0 aliphatic rings. The SMILES string of the molecule is C=CC(=O)Nc1cccc(-n2c(=O)n(-c3ccc(Oc4cccc(C)c4)c(Cl)c3)c3cnccc32)c1. The van der Waals surface area contributed by atoms with E-state index in [1.165, 1.54) is 6.08 Å². The van der Waals surface area contributed by atoms with Crippen molar-refractivity contribution < 1.29 is 9.53 Å². The molecule has 3 aromatic carbocycles. The lowest BCUT2D eigenvalue weighted by Crippen LogP contribution is -2.22. The average Bonchev–Trinajstić information content (AvgIpc) is 3.17. The maximum absolute atomic E-state index is 13.7. The van der Waals surface area contributed by atoms with Gasteiger partial charge in [0.05, 0.1) is 33.6 Å². The lowest BCUT2D eigenvalue weighted by Gasteiger charge is -2.10. The summed E-state index contributed by atoms with van der Waals surface area (Å²) in [5.41, 5.74) is 3.70. The Bertz CT molecular complexity index is 1690. The predicted octanol–water partition coefficient (Wildman–Crippen LogP) is 6.06. The molecule has 0 bridgehead atoms. The Kier molecular flexibility index (Phi) is 6.14. The molecule has 0 aliphatic carbocycles. The largest absolute Gasteiger partial charge is 0.456 e. The summed E-state index contributed by atoms with van der Waals surface area (Å²) in [5.74, 6) is 0.811. The minimum atomic E-state index is -0.339. The number of aromatic nitrogens is 3. The number of carbonyl (C=O) groups excluding carboxylic acids is 1. The summed E-state index contributed by atoms with van der Waals surface area (Å²) in [4.78, 5) is 29.7. The first kappa shape index (κ1) is 23.1. The van der Waals surface area contributed by atoms with E-state index in [0.29, 0.717) is 44.6 Å². The number of hydrogen-bond donors (Lipinski definition) is 1. The van der Waals surface area contributed by atoms with Crippen LogP contribution in [0, 0.1) is 6.92 Å². The van der Waals surface area contributed by atoms with E-state index >= 15 is 0 Å². The first-order valence-electron chi connectivity index (χ1n) is 11.1. The summed E-state index contributed by atoms with van der Waals surface area (Å²) in [6, 6.07) is 21.6. The van der Waals surface area contributed by atoms with Gasteiger partial charge in [-0.15, -0.1) is 0 Å². The van der Waals surface area contributed by atoms with Gasteiger partial charge in [-0.1, -0.05) is 36.4 Å². The molecular formula is C28H21ClN4O3. The molecule has 36 heavy (non-hydrogen) atoms. The van der Waals surface area contributed by atoms with E-state index in [0.717, 1.165) is 5.56 Å². The molecule has 5 aromatic rings. The Morgan fingerprint density at radius 1 is 1.00 bits per heavy atom. The lowest BCUT2D eigenvalue weighted by atomic mass is 10.2. The molecular weight excluding hydrogens is 476 g/mol. The molecule has 2 aromatic heterocycles. The van der Waals surface area contributed by atoms with Gasteiger partial charge < -0.3 is 10.1 Å². The number of nitrogens with zero attached hydrogens (tertiary/aromatic N) is 3. The Labute approximate surface area is 211 Å². The van der Waals surface area contributed by atoms with E-state index in [1.807, 2.05) is 31.2 Å². The number of ether oxygens (including phenoxy) is 1. The number of anilines is 1. The number of carbonyl (C=O) groups is 1. The van der Waals surface area contributed by atoms with E-state index in [1.54, 1.807) is 70.1 Å². The van der Waals surface area contributed by atoms with Crippen molar-refractivity contribution in [1.29, 1.82) is 0 Å². The zero-order chi connectivity index (χ0) is 25.2. The number of imidazole rings is 1. The molecule has 1 amide bonds. The third kappa shape index (κ3) is 4.39. The van der Waals surface area contributed by atoms with Crippen LogP contribution < -0.4 is 15.7 Å². The van der Waals surface area contributed by atoms with E-state index in [9.17, 15) is 9.59 Å². The highest BCUT2D eigenvalue weighted by atomic mass is 35.5. The third-order valence-electron chi connectivity index (χ3n) is 5.59. The summed E-state index contributed by atoms with van der Waals surface area (Å²) in [6.07, 6.45) is 4.44. The van der Waals surface area contributed by atoms with Crippen LogP contribution >= 0.6 is 11.6 Å². The molecule has 0 unspecified atom stereocenters. The van der Waals surface area contributed by atoms with Crippen molar-refractivity contribution in [2.24, 2.45) is 0 Å². The van der Waals surface area contributed by atoms with E-state index in [4.69, 9.17) is 16.3 Å². The standard InChI is InChI=1S/C28H21ClN4O3/c1-3-27(34)31-19-7-5-8-20(15-19)32-24-12-13-30-17-25(24)33(28(32)35)21-10-11-26(23(29)16-21)36-22-9-4-6-18(2)14-22/h3-17H,1H2,2H3,(H,31,34). The van der Waals surface area contributed by atoms with Crippen LogP contribution in [-0.2, 0) is 4.79 Å². The molecule has 8 heteroatoms. The Balaban J connectivity index is 1.59. The molecule has 7 nitrogen and oxygen atoms in total. The number of aryl methyl sites for hydroxylation is 1. The smallest absolute Gasteiger partial charge is 0.338 e. The van der Waals surface area contributed by atoms with Gasteiger partial charge >= 0.3 is 5.69 Å². The number of nitrogens with one attached hydrogen (secondary N) is 1. The fourth-order valence-electron chi connectivity index (χ4n) is 3.98. The fraction of sp³-hybridized carbons (Fsp3) is 0.0357. The van der Waals surface area contributed by atoms with Crippen LogP contribution in [0.3, 0.4) is 0 Å². The number of halogens is 1. The normalized spacial score (nSPS) is 10.8. The maximum Gasteiger partial charge on any atom is 0.338 e. The highest BCUT2D eigenvalue weighted by molar-refractivity contribution is 6.32. The number of benzene rings is 3. The summed E-state index contributed by atoms with van der Waals surface area (Å²) in [5, 5.41) is 3.08. The summed E-state index contributed by atoms with van der Waals surface area (Å²) in [6.45, 7) is 5.46. The van der Waals surface area contributed by atoms with Crippen LogP contribution in [0.25, 0.3) is 22.4 Å². The number of fused-ring (bicyclic) bond motifs is 1. The third-order valence-corrected chi connectivity index (χ3v) is 5.89. The van der Waals surface area contributed by atoms with Gasteiger partial charge in [0.2, 0.25) is 5.91 Å². The second-order valence-corrected chi connectivity index (χ2v) is 8.50. The van der Waals surface area contributed by atoms with Crippen molar-refractivity contribution in [3.63, 3.8) is 0 Å². The summed E-state index contributed by atoms with van der Waals surface area (Å²) < 4.78 is 9.05. The van der Waals surface area contributed by atoms with Gasteiger partial charge in [-0.2, -0.15) is 0 Å². The number of pyridine rings is 1. The number of hydrogen-bond acceptors (Lipinski definition) is 4. The highest BCUT2D eigenvalue weighted by Crippen LogP contribution is 2.32. The van der Waals surface area contributed by atoms with Gasteiger partial charge in [0.25, 0.3) is 0 Å². The van der Waals surface area contributed by atoms with Crippen molar-refractivity contribution in [1.82, 2.24) is 14.1 Å². The molecule has 178 valence electrons. The molecule has 0 aliphatic heterocycles. The first-order valence-corrected chi connectivity index (χ1v) is 11.5. The van der Waals surface area contributed by atoms with E-state index < -0.39 is 0 Å². The van der Waals surface area contributed by atoms with Gasteiger partial charge in [0, 0.05) is 11.9 Å². The second-order valence-electron chi connectivity index (χ2n) is 8.09. The zero-order valence-electron chi connectivity index (χ0n) is 19.3. The first-order chi connectivity index (χ1) is 17.4. The van der Waals surface area contributed by atoms with Crippen molar-refractivity contribution >= 4 is 34.2 Å². The lowest BCUT2D eigenvalue weighted by molar-refractivity contribution is -0.111. The molecule has 0 atom stereocenters. The maximum atomic E-state index is 13.7. The number of amides is 1. The van der Waals surface area contributed by atoms with Crippen molar-refractivity contribution in [3.05, 3.63) is 119 Å². The topological polar surface area (TPSA) is 78.2 Å². The predicted molar refractivity (Wildman–Crippen MR) is 142 cm³/mol. The minimum Gasteiger partial charge on any atom is -0.456 e. The van der Waals surface area contributed by atoms with Gasteiger partial charge in [0.15, 0.2) is 0 Å². The van der Waals surface area contributed by atoms with Crippen molar-refractivity contribution in [2.45, 2.75) is 6.92 Å². The molecule has 0 spiro atoms. The van der Waals surface area contributed by atoms with Gasteiger partial charge in [0.1, 0.15) is 11.5 Å². The monoisotopic (exact) mass is 496 g/mol. The highest BCUT2D eigenvalue weighted by Gasteiger charge is 2.18. The van der Waals surface area contributed by atoms with Gasteiger partial charge in [-0.3, -0.25) is 18.9 Å². The van der Waals surface area contributed by atoms with Gasteiger partial charge in [-0.05, 0) is 73.2 Å². The van der Waals surface area contributed by atoms with Crippen LogP contribution in [0.1, 0.15) is 5.56 Å². The van der Waals surface area contributed by atoms with Crippen LogP contribution in [-0.4, -0.2) is 20.0 Å². The van der Waals surface area contributed by atoms with Crippen LogP contribution in [0.15, 0.2) is 103 Å². The molecule has 1 N–H and O–H groups in total. The molecule has 0 saturated heterocycles. The average molecular weight is 497 g/mol. The van der Waals surface area contributed by atoms with E-state index in [2.05, 4.69) is 16.9 Å². The quantitative estimate of drug-likeness (QED) is 0.290. The minimum absolute atomic E-state index is 0.311. The summed E-state index contributed by atoms with van der Waals surface area (Å²) >= 11 is 6.57. The van der Waals surface area contributed by atoms with Crippen molar-refractivity contribution in [3.8, 4) is 22.9 Å². The van der Waals surface area contributed by atoms with Crippen LogP contribution in [0.5, 0.6) is 11.5 Å². The van der Waals surface area contributed by atoms with Crippen LogP contribution in [0.4, 0.5) is 5.69 Å².